The summed E-state index contributed by atoms with van der Waals surface area (Å²) < 4.78 is 0. The highest BCUT2D eigenvalue weighted by Gasteiger charge is 2.16. The molecule has 2 heterocycles. The Morgan fingerprint density at radius 3 is 2.69 bits per heavy atom. The molecule has 3 aromatic rings. The average molecular weight is 390 g/mol. The summed E-state index contributed by atoms with van der Waals surface area (Å²) in [7, 11) is 0. The van der Waals surface area contributed by atoms with Crippen molar-refractivity contribution in [2.75, 3.05) is 19.6 Å². The number of benzene rings is 2. The second kappa shape index (κ2) is 8.36. The maximum absolute atomic E-state index is 12.3. The fraction of sp³-hybridized carbons (Fsp3) is 0.273. The minimum atomic E-state index is -0.497. The van der Waals surface area contributed by atoms with E-state index in [0.717, 1.165) is 32.5 Å². The Kier molecular flexibility index (Phi) is 5.48. The van der Waals surface area contributed by atoms with Gasteiger partial charge in [0.05, 0.1) is 10.3 Å². The van der Waals surface area contributed by atoms with Gasteiger partial charge in [-0.2, -0.15) is 0 Å². The van der Waals surface area contributed by atoms with Crippen LogP contribution in [0.3, 0.4) is 0 Å². The van der Waals surface area contributed by atoms with E-state index >= 15 is 0 Å². The van der Waals surface area contributed by atoms with Crippen molar-refractivity contribution in [3.63, 3.8) is 0 Å². The Labute approximate surface area is 167 Å². The molecule has 0 unspecified atom stereocenters. The normalized spacial score (nSPS) is 14.7. The molecule has 0 saturated carbocycles. The summed E-state index contributed by atoms with van der Waals surface area (Å²) in [6, 6.07) is 14.9. The molecule has 1 aliphatic heterocycles. The number of rotatable bonds is 6. The van der Waals surface area contributed by atoms with E-state index in [0.29, 0.717) is 12.2 Å². The van der Waals surface area contributed by atoms with Gasteiger partial charge in [-0.3, -0.25) is 19.8 Å². The third-order valence-corrected chi connectivity index (χ3v) is 5.29. The lowest BCUT2D eigenvalue weighted by atomic mass is 9.99. The first kappa shape index (κ1) is 19.0. The molecule has 0 fully saturated rings. The largest absolute Gasteiger partial charge is 0.310 e. The number of hydrogen-bond acceptors (Lipinski definition) is 5. The number of nitro groups is 1. The van der Waals surface area contributed by atoms with E-state index in [1.54, 1.807) is 6.07 Å². The van der Waals surface area contributed by atoms with E-state index in [2.05, 4.69) is 45.2 Å². The van der Waals surface area contributed by atoms with Gasteiger partial charge in [0, 0.05) is 25.6 Å². The van der Waals surface area contributed by atoms with Gasteiger partial charge in [-0.25, -0.2) is 4.98 Å². The van der Waals surface area contributed by atoms with Crippen LogP contribution in [0.25, 0.3) is 16.5 Å². The van der Waals surface area contributed by atoms with E-state index in [1.807, 2.05) is 6.07 Å². The number of fused-ring (bicyclic) bond motifs is 1. The molecule has 1 N–H and O–H groups in total. The fourth-order valence-corrected chi connectivity index (χ4v) is 3.76. The van der Waals surface area contributed by atoms with Crippen LogP contribution in [0.15, 0.2) is 59.4 Å². The van der Waals surface area contributed by atoms with E-state index < -0.39 is 4.92 Å². The van der Waals surface area contributed by atoms with Crippen LogP contribution >= 0.6 is 0 Å². The lowest BCUT2D eigenvalue weighted by Crippen LogP contribution is -2.30. The second-order valence-corrected chi connectivity index (χ2v) is 7.19. The van der Waals surface area contributed by atoms with Gasteiger partial charge >= 0.3 is 0 Å². The van der Waals surface area contributed by atoms with Gasteiger partial charge in [0.15, 0.2) is 5.52 Å². The van der Waals surface area contributed by atoms with Crippen molar-refractivity contribution in [3.05, 3.63) is 86.5 Å². The van der Waals surface area contributed by atoms with Crippen LogP contribution in [0, 0.1) is 10.1 Å². The highest BCUT2D eigenvalue weighted by molar-refractivity contribution is 5.86. The molecular weight excluding hydrogens is 368 g/mol. The van der Waals surface area contributed by atoms with E-state index in [4.69, 9.17) is 0 Å². The molecule has 0 amide bonds. The average Bonchev–Trinajstić information content (AvgIpc) is 2.74. The second-order valence-electron chi connectivity index (χ2n) is 7.19. The van der Waals surface area contributed by atoms with Crippen molar-refractivity contribution in [1.82, 2.24) is 14.9 Å². The molecule has 29 heavy (non-hydrogen) atoms. The van der Waals surface area contributed by atoms with Gasteiger partial charge in [0.1, 0.15) is 5.82 Å². The van der Waals surface area contributed by atoms with Crippen LogP contribution in [-0.2, 0) is 6.42 Å². The molecule has 148 valence electrons. The van der Waals surface area contributed by atoms with Gasteiger partial charge in [0.2, 0.25) is 0 Å². The van der Waals surface area contributed by atoms with E-state index in [-0.39, 0.29) is 22.1 Å². The Hall–Kier alpha value is -3.32. The summed E-state index contributed by atoms with van der Waals surface area (Å²) in [4.78, 5) is 32.5. The Bertz CT molecular complexity index is 1120. The number of nitrogens with zero attached hydrogens (tertiary/aromatic N) is 3. The van der Waals surface area contributed by atoms with E-state index in [1.165, 1.54) is 23.3 Å². The summed E-state index contributed by atoms with van der Waals surface area (Å²) in [5.41, 5.74) is 2.36. The molecule has 0 radical (unpaired) electrons. The number of aryl methyl sites for hydroxylation is 1. The fourth-order valence-electron chi connectivity index (χ4n) is 3.76. The van der Waals surface area contributed by atoms with Crippen molar-refractivity contribution in [3.8, 4) is 0 Å². The van der Waals surface area contributed by atoms with Crippen LogP contribution in [-0.4, -0.2) is 39.4 Å². The number of aromatic amines is 1. The summed E-state index contributed by atoms with van der Waals surface area (Å²) in [6.45, 7) is 2.78. The SMILES string of the molecule is O=c1[nH]c(CCCN2CC=C(c3ccccc3)CC2)nc2c([N+](=O)[O-])cccc12. The number of nitro benzene ring substituents is 1. The Morgan fingerprint density at radius 2 is 1.97 bits per heavy atom. The minimum absolute atomic E-state index is 0.135. The summed E-state index contributed by atoms with van der Waals surface area (Å²) >= 11 is 0. The molecule has 0 bridgehead atoms. The van der Waals surface area contributed by atoms with Gasteiger partial charge in [-0.05, 0) is 36.6 Å². The smallest absolute Gasteiger partial charge is 0.295 e. The van der Waals surface area contributed by atoms with E-state index in [9.17, 15) is 14.9 Å². The van der Waals surface area contributed by atoms with Gasteiger partial charge in [-0.1, -0.05) is 42.5 Å². The highest BCUT2D eigenvalue weighted by atomic mass is 16.6. The molecule has 2 aromatic carbocycles. The zero-order valence-corrected chi connectivity index (χ0v) is 16.0. The Morgan fingerprint density at radius 1 is 1.14 bits per heavy atom. The van der Waals surface area contributed by atoms with Crippen molar-refractivity contribution < 1.29 is 4.92 Å². The highest BCUT2D eigenvalue weighted by Crippen LogP contribution is 2.23. The first-order valence-electron chi connectivity index (χ1n) is 9.75. The number of non-ortho nitro benzene ring substituents is 1. The van der Waals surface area contributed by atoms with Crippen molar-refractivity contribution in [2.45, 2.75) is 19.3 Å². The summed E-state index contributed by atoms with van der Waals surface area (Å²) in [5, 5.41) is 11.5. The first-order chi connectivity index (χ1) is 14.1. The third-order valence-electron chi connectivity index (χ3n) is 5.29. The molecule has 0 spiro atoms. The standard InChI is InChI=1S/C22H22N4O3/c27-22-18-8-4-9-19(26(28)29)21(18)23-20(24-22)10-5-13-25-14-11-17(12-15-25)16-6-2-1-3-7-16/h1-4,6-9,11H,5,10,12-15H2,(H,23,24,27). The maximum atomic E-state index is 12.3. The number of aromatic nitrogens is 2. The number of hydrogen-bond donors (Lipinski definition) is 1. The zero-order valence-electron chi connectivity index (χ0n) is 16.0. The van der Waals surface area contributed by atoms with Crippen LogP contribution in [0.2, 0.25) is 0 Å². The van der Waals surface area contributed by atoms with Crippen molar-refractivity contribution in [2.24, 2.45) is 0 Å². The third kappa shape index (κ3) is 4.25. The number of para-hydroxylation sites is 1. The van der Waals surface area contributed by atoms with Crippen LogP contribution < -0.4 is 5.56 Å². The predicted octanol–water partition coefficient (Wildman–Crippen LogP) is 3.55. The number of H-pyrrole nitrogens is 1. The topological polar surface area (TPSA) is 92.1 Å². The molecule has 7 heteroatoms. The molecule has 0 saturated heterocycles. The molecule has 1 aromatic heterocycles. The maximum Gasteiger partial charge on any atom is 0.295 e. The van der Waals surface area contributed by atoms with Gasteiger partial charge < -0.3 is 4.98 Å². The molecule has 0 aliphatic carbocycles. The molecule has 4 rings (SSSR count). The quantitative estimate of drug-likeness (QED) is 0.513. The van der Waals surface area contributed by atoms with Crippen LogP contribution in [0.5, 0.6) is 0 Å². The zero-order chi connectivity index (χ0) is 20.2. The number of nitrogens with one attached hydrogen (secondary N) is 1. The lowest BCUT2D eigenvalue weighted by molar-refractivity contribution is -0.383. The molecule has 0 atom stereocenters. The van der Waals surface area contributed by atoms with Crippen molar-refractivity contribution in [1.29, 1.82) is 0 Å². The lowest BCUT2D eigenvalue weighted by Gasteiger charge is -2.26. The minimum Gasteiger partial charge on any atom is -0.310 e. The molecule has 7 nitrogen and oxygen atoms in total. The van der Waals surface area contributed by atoms with Gasteiger partial charge in [0.25, 0.3) is 11.2 Å². The van der Waals surface area contributed by atoms with Crippen LogP contribution in [0.4, 0.5) is 5.69 Å². The summed E-state index contributed by atoms with van der Waals surface area (Å²) in [5.74, 6) is 0.495. The molecular formula is C22H22N4O3. The van der Waals surface area contributed by atoms with Crippen LogP contribution in [0.1, 0.15) is 24.2 Å². The predicted molar refractivity (Wildman–Crippen MR) is 113 cm³/mol. The first-order valence-corrected chi connectivity index (χ1v) is 9.75. The van der Waals surface area contributed by atoms with Gasteiger partial charge in [-0.15, -0.1) is 0 Å². The monoisotopic (exact) mass is 390 g/mol. The van der Waals surface area contributed by atoms with Crippen molar-refractivity contribution >= 4 is 22.2 Å². The Balaban J connectivity index is 1.40. The molecule has 1 aliphatic rings. The summed E-state index contributed by atoms with van der Waals surface area (Å²) in [6.07, 6.45) is 4.69.